The van der Waals surface area contributed by atoms with E-state index in [0.717, 1.165) is 30.8 Å². The van der Waals surface area contributed by atoms with Gasteiger partial charge in [0.25, 0.3) is 0 Å². The van der Waals surface area contributed by atoms with Crippen molar-refractivity contribution in [1.82, 2.24) is 9.80 Å². The number of likely N-dealkylation sites (tertiary alicyclic amines) is 1. The van der Waals surface area contributed by atoms with Crippen LogP contribution in [0, 0.1) is 0 Å². The zero-order valence-corrected chi connectivity index (χ0v) is 16.2. The minimum absolute atomic E-state index is 0.299. The van der Waals surface area contributed by atoms with Crippen LogP contribution in [0.15, 0.2) is 42.5 Å². The zero-order valence-electron chi connectivity index (χ0n) is 15.4. The van der Waals surface area contributed by atoms with Crippen LogP contribution >= 0.6 is 11.8 Å². The molecule has 2 heterocycles. The van der Waals surface area contributed by atoms with E-state index in [1.807, 2.05) is 11.8 Å². The van der Waals surface area contributed by atoms with Crippen molar-refractivity contribution in [2.45, 2.75) is 31.7 Å². The van der Waals surface area contributed by atoms with E-state index in [0.29, 0.717) is 18.4 Å². The molecular weight excluding hydrogens is 340 g/mol. The van der Waals surface area contributed by atoms with Crippen LogP contribution in [-0.4, -0.2) is 59.4 Å². The highest BCUT2D eigenvalue weighted by atomic mass is 32.2. The monoisotopic (exact) mass is 368 g/mol. The lowest BCUT2D eigenvalue weighted by Crippen LogP contribution is -2.48. The Bertz CT molecular complexity index is 751. The Morgan fingerprint density at radius 1 is 1.00 bits per heavy atom. The summed E-state index contributed by atoms with van der Waals surface area (Å²) in [7, 11) is 0. The van der Waals surface area contributed by atoms with Crippen molar-refractivity contribution in [2.75, 3.05) is 37.7 Å². The van der Waals surface area contributed by atoms with Gasteiger partial charge in [-0.3, -0.25) is 4.79 Å². The molecule has 0 bridgehead atoms. The Morgan fingerprint density at radius 3 is 2.69 bits per heavy atom. The van der Waals surface area contributed by atoms with E-state index in [-0.39, 0.29) is 0 Å². The van der Waals surface area contributed by atoms with Crippen molar-refractivity contribution in [1.29, 1.82) is 0 Å². The average molecular weight is 369 g/mol. The van der Waals surface area contributed by atoms with Crippen LogP contribution in [0.3, 0.4) is 0 Å². The molecule has 4 heteroatoms. The molecule has 2 fully saturated rings. The highest BCUT2D eigenvalue weighted by molar-refractivity contribution is 7.99. The molecule has 0 aliphatic carbocycles. The van der Waals surface area contributed by atoms with Gasteiger partial charge in [-0.25, -0.2) is 0 Å². The first-order valence-electron chi connectivity index (χ1n) is 9.87. The second kappa shape index (κ2) is 8.45. The SMILES string of the molecule is O=C(Cc1cccc2ccccc12)N1CCCSCC1CN1CCCC1. The van der Waals surface area contributed by atoms with E-state index >= 15 is 0 Å². The van der Waals surface area contributed by atoms with E-state index in [2.05, 4.69) is 52.3 Å². The van der Waals surface area contributed by atoms with Gasteiger partial charge in [0.2, 0.25) is 5.91 Å². The van der Waals surface area contributed by atoms with Crippen LogP contribution in [-0.2, 0) is 11.2 Å². The summed E-state index contributed by atoms with van der Waals surface area (Å²) in [6, 6.07) is 15.1. The van der Waals surface area contributed by atoms with Crippen molar-refractivity contribution >= 4 is 28.4 Å². The van der Waals surface area contributed by atoms with Gasteiger partial charge in [0, 0.05) is 18.8 Å². The highest BCUT2D eigenvalue weighted by Gasteiger charge is 2.28. The van der Waals surface area contributed by atoms with Gasteiger partial charge in [-0.2, -0.15) is 11.8 Å². The largest absolute Gasteiger partial charge is 0.337 e. The van der Waals surface area contributed by atoms with Crippen molar-refractivity contribution in [3.05, 3.63) is 48.0 Å². The van der Waals surface area contributed by atoms with Crippen LogP contribution in [0.4, 0.5) is 0 Å². The van der Waals surface area contributed by atoms with Gasteiger partial charge in [0.05, 0.1) is 12.5 Å². The number of benzene rings is 2. The van der Waals surface area contributed by atoms with E-state index in [4.69, 9.17) is 0 Å². The Morgan fingerprint density at radius 2 is 1.81 bits per heavy atom. The van der Waals surface area contributed by atoms with Crippen molar-refractivity contribution in [2.24, 2.45) is 0 Å². The topological polar surface area (TPSA) is 23.6 Å². The third-order valence-corrected chi connectivity index (χ3v) is 6.85. The summed E-state index contributed by atoms with van der Waals surface area (Å²) in [5.41, 5.74) is 1.16. The Hall–Kier alpha value is -1.52. The summed E-state index contributed by atoms with van der Waals surface area (Å²) in [5, 5.41) is 2.43. The lowest BCUT2D eigenvalue weighted by molar-refractivity contribution is -0.132. The van der Waals surface area contributed by atoms with E-state index in [1.165, 1.54) is 42.5 Å². The van der Waals surface area contributed by atoms with Crippen LogP contribution in [0.5, 0.6) is 0 Å². The number of carbonyl (C=O) groups is 1. The molecule has 138 valence electrons. The molecule has 0 N–H and O–H groups in total. The van der Waals surface area contributed by atoms with Crippen LogP contribution in [0.1, 0.15) is 24.8 Å². The van der Waals surface area contributed by atoms with E-state index in [1.54, 1.807) is 0 Å². The molecule has 2 aliphatic rings. The number of hydrogen-bond acceptors (Lipinski definition) is 3. The summed E-state index contributed by atoms with van der Waals surface area (Å²) in [5.74, 6) is 2.56. The molecule has 26 heavy (non-hydrogen) atoms. The molecule has 2 aromatic carbocycles. The van der Waals surface area contributed by atoms with Gasteiger partial charge < -0.3 is 9.80 Å². The smallest absolute Gasteiger partial charge is 0.227 e. The molecule has 1 unspecified atom stereocenters. The van der Waals surface area contributed by atoms with E-state index < -0.39 is 0 Å². The fourth-order valence-corrected chi connectivity index (χ4v) is 5.34. The summed E-state index contributed by atoms with van der Waals surface area (Å²) in [6.07, 6.45) is 4.25. The molecule has 4 rings (SSSR count). The lowest BCUT2D eigenvalue weighted by atomic mass is 10.0. The molecule has 0 saturated carbocycles. The van der Waals surface area contributed by atoms with Crippen molar-refractivity contribution in [3.8, 4) is 0 Å². The number of rotatable bonds is 4. The first kappa shape index (κ1) is 17.9. The number of carbonyl (C=O) groups excluding carboxylic acids is 1. The van der Waals surface area contributed by atoms with Crippen LogP contribution in [0.2, 0.25) is 0 Å². The fraction of sp³-hybridized carbons (Fsp3) is 0.500. The predicted molar refractivity (Wildman–Crippen MR) is 111 cm³/mol. The number of fused-ring (bicyclic) bond motifs is 1. The molecule has 0 aromatic heterocycles. The molecule has 0 spiro atoms. The minimum Gasteiger partial charge on any atom is -0.337 e. The summed E-state index contributed by atoms with van der Waals surface area (Å²) < 4.78 is 0. The molecular formula is C22H28N2OS. The van der Waals surface area contributed by atoms with Gasteiger partial charge >= 0.3 is 0 Å². The normalized spacial score (nSPS) is 21.8. The third-order valence-electron chi connectivity index (χ3n) is 5.65. The van der Waals surface area contributed by atoms with Crippen molar-refractivity contribution < 1.29 is 4.79 Å². The lowest BCUT2D eigenvalue weighted by Gasteiger charge is -2.33. The molecule has 2 saturated heterocycles. The molecule has 2 aliphatic heterocycles. The van der Waals surface area contributed by atoms with Crippen LogP contribution < -0.4 is 0 Å². The second-order valence-electron chi connectivity index (χ2n) is 7.49. The van der Waals surface area contributed by atoms with Crippen molar-refractivity contribution in [3.63, 3.8) is 0 Å². The fourth-order valence-electron chi connectivity index (χ4n) is 4.28. The zero-order chi connectivity index (χ0) is 17.8. The van der Waals surface area contributed by atoms with Gasteiger partial charge in [0.1, 0.15) is 0 Å². The molecule has 3 nitrogen and oxygen atoms in total. The van der Waals surface area contributed by atoms with Gasteiger partial charge in [-0.05, 0) is 54.4 Å². The molecule has 2 aromatic rings. The average Bonchev–Trinajstić information content (AvgIpc) is 3.06. The maximum Gasteiger partial charge on any atom is 0.227 e. The Labute approximate surface area is 160 Å². The quantitative estimate of drug-likeness (QED) is 0.820. The van der Waals surface area contributed by atoms with Gasteiger partial charge in [0.15, 0.2) is 0 Å². The van der Waals surface area contributed by atoms with E-state index in [9.17, 15) is 4.79 Å². The van der Waals surface area contributed by atoms with Gasteiger partial charge in [-0.1, -0.05) is 42.5 Å². The highest BCUT2D eigenvalue weighted by Crippen LogP contribution is 2.23. The number of amides is 1. The minimum atomic E-state index is 0.299. The maximum atomic E-state index is 13.2. The summed E-state index contributed by atoms with van der Waals surface area (Å²) in [4.78, 5) is 18.0. The third kappa shape index (κ3) is 4.07. The Balaban J connectivity index is 1.51. The first-order valence-corrected chi connectivity index (χ1v) is 11.0. The maximum absolute atomic E-state index is 13.2. The Kier molecular flexibility index (Phi) is 5.81. The molecule has 1 amide bonds. The molecule has 0 radical (unpaired) electrons. The molecule has 1 atom stereocenters. The van der Waals surface area contributed by atoms with Crippen LogP contribution in [0.25, 0.3) is 10.8 Å². The summed E-state index contributed by atoms with van der Waals surface area (Å²) in [6.45, 7) is 4.36. The standard InChI is InChI=1S/C22H28N2OS/c25-22(15-19-9-5-8-18-7-1-2-10-21(18)19)24-13-6-14-26-17-20(24)16-23-11-3-4-12-23/h1-2,5,7-10,20H,3-4,6,11-17H2. The number of hydrogen-bond donors (Lipinski definition) is 0. The van der Waals surface area contributed by atoms with Gasteiger partial charge in [-0.15, -0.1) is 0 Å². The summed E-state index contributed by atoms with van der Waals surface area (Å²) >= 11 is 2.02. The predicted octanol–water partition coefficient (Wildman–Crippen LogP) is 3.81. The second-order valence-corrected chi connectivity index (χ2v) is 8.64. The number of thioether (sulfide) groups is 1. The number of nitrogens with zero attached hydrogens (tertiary/aromatic N) is 2. The first-order chi connectivity index (χ1) is 12.8.